The highest BCUT2D eigenvalue weighted by Gasteiger charge is 2.26. The molecule has 1 saturated heterocycles. The van der Waals surface area contributed by atoms with Crippen molar-refractivity contribution in [1.29, 1.82) is 0 Å². The van der Waals surface area contributed by atoms with Gasteiger partial charge < -0.3 is 21.3 Å². The highest BCUT2D eigenvalue weighted by molar-refractivity contribution is 14.0. The fraction of sp³-hybridized carbons (Fsp3) is 0.579. The third kappa shape index (κ3) is 6.34. The van der Waals surface area contributed by atoms with E-state index in [1.807, 2.05) is 20.8 Å². The monoisotopic (exact) mass is 473 g/mol. The van der Waals surface area contributed by atoms with E-state index < -0.39 is 5.41 Å². The minimum atomic E-state index is -0.647. The van der Waals surface area contributed by atoms with Gasteiger partial charge in [0.25, 0.3) is 0 Å². The maximum atomic E-state index is 11.5. The highest BCUT2D eigenvalue weighted by atomic mass is 127. The molecule has 0 bridgehead atoms. The number of anilines is 1. The van der Waals surface area contributed by atoms with Crippen LogP contribution in [0.2, 0.25) is 0 Å². The third-order valence-electron chi connectivity index (χ3n) is 4.57. The maximum Gasteiger partial charge on any atom is 0.224 e. The first-order chi connectivity index (χ1) is 11.8. The Morgan fingerprint density at radius 3 is 2.58 bits per heavy atom. The van der Waals surface area contributed by atoms with Crippen molar-refractivity contribution in [3.63, 3.8) is 0 Å². The van der Waals surface area contributed by atoms with E-state index >= 15 is 0 Å². The van der Waals surface area contributed by atoms with Crippen molar-refractivity contribution in [2.45, 2.75) is 40.2 Å². The number of benzene rings is 1. The summed E-state index contributed by atoms with van der Waals surface area (Å²) in [6, 6.07) is 8.97. The lowest BCUT2D eigenvalue weighted by Gasteiger charge is -2.22. The van der Waals surface area contributed by atoms with Gasteiger partial charge in [0.05, 0.1) is 12.0 Å². The van der Waals surface area contributed by atoms with Crippen molar-refractivity contribution in [2.75, 3.05) is 31.1 Å². The van der Waals surface area contributed by atoms with E-state index in [1.165, 1.54) is 11.3 Å². The summed E-state index contributed by atoms with van der Waals surface area (Å²) in [5, 5.41) is 6.74. The van der Waals surface area contributed by atoms with Crippen molar-refractivity contribution in [2.24, 2.45) is 16.1 Å². The molecule has 7 heteroatoms. The zero-order chi connectivity index (χ0) is 18.4. The smallest absolute Gasteiger partial charge is 0.224 e. The summed E-state index contributed by atoms with van der Waals surface area (Å²) in [5.41, 5.74) is 7.32. The molecular formula is C19H32IN5O. The van der Waals surface area contributed by atoms with E-state index in [4.69, 9.17) is 5.73 Å². The Morgan fingerprint density at radius 1 is 1.35 bits per heavy atom. The molecule has 4 N–H and O–H groups in total. The van der Waals surface area contributed by atoms with Crippen molar-refractivity contribution in [3.05, 3.63) is 29.8 Å². The van der Waals surface area contributed by atoms with Crippen LogP contribution in [0.1, 0.15) is 32.8 Å². The molecule has 0 aromatic heterocycles. The van der Waals surface area contributed by atoms with Crippen molar-refractivity contribution in [1.82, 2.24) is 10.6 Å². The number of nitrogens with zero attached hydrogens (tertiary/aromatic N) is 2. The second-order valence-electron chi connectivity index (χ2n) is 7.35. The summed E-state index contributed by atoms with van der Waals surface area (Å²) in [5.74, 6) is 0.408. The molecule has 146 valence electrons. The van der Waals surface area contributed by atoms with Gasteiger partial charge in [-0.3, -0.25) is 9.79 Å². The van der Waals surface area contributed by atoms with Crippen LogP contribution in [-0.2, 0) is 4.79 Å². The number of rotatable bonds is 6. The molecule has 1 fully saturated rings. The zero-order valence-electron chi connectivity index (χ0n) is 16.2. The number of hydrogen-bond acceptors (Lipinski definition) is 3. The number of amides is 1. The number of aryl methyl sites for hydroxylation is 1. The minimum absolute atomic E-state index is 0. The number of aliphatic imine (C=N–C) groups is 1. The van der Waals surface area contributed by atoms with Crippen molar-refractivity contribution < 1.29 is 4.79 Å². The van der Waals surface area contributed by atoms with Crippen LogP contribution in [0.5, 0.6) is 0 Å². The molecule has 2 rings (SSSR count). The number of guanidine groups is 1. The van der Waals surface area contributed by atoms with Crippen LogP contribution < -0.4 is 21.3 Å². The first-order valence-electron chi connectivity index (χ1n) is 8.98. The molecule has 6 nitrogen and oxygen atoms in total. The second kappa shape index (κ2) is 9.99. The fourth-order valence-electron chi connectivity index (χ4n) is 2.74. The van der Waals surface area contributed by atoms with E-state index in [9.17, 15) is 4.79 Å². The minimum Gasteiger partial charge on any atom is -0.369 e. The molecule has 1 heterocycles. The number of nitrogens with two attached hydrogens (primary N) is 1. The molecular weight excluding hydrogens is 441 g/mol. The lowest BCUT2D eigenvalue weighted by molar-refractivity contribution is -0.125. The fourth-order valence-corrected chi connectivity index (χ4v) is 2.74. The van der Waals surface area contributed by atoms with Crippen LogP contribution in [0.3, 0.4) is 0 Å². The van der Waals surface area contributed by atoms with Gasteiger partial charge in [0.15, 0.2) is 5.96 Å². The Hall–Kier alpha value is -1.51. The van der Waals surface area contributed by atoms with Gasteiger partial charge >= 0.3 is 0 Å². The van der Waals surface area contributed by atoms with E-state index in [-0.39, 0.29) is 29.9 Å². The number of halogens is 1. The summed E-state index contributed by atoms with van der Waals surface area (Å²) in [6.07, 6.45) is 1.05. The Kier molecular flexibility index (Phi) is 8.66. The maximum absolute atomic E-state index is 11.5. The Morgan fingerprint density at radius 2 is 2.00 bits per heavy atom. The van der Waals surface area contributed by atoms with Gasteiger partial charge in [-0.25, -0.2) is 0 Å². The van der Waals surface area contributed by atoms with Gasteiger partial charge in [-0.15, -0.1) is 24.0 Å². The number of hydrogen-bond donors (Lipinski definition) is 3. The average Bonchev–Trinajstić information content (AvgIpc) is 3.02. The molecule has 0 aliphatic carbocycles. The zero-order valence-corrected chi connectivity index (χ0v) is 18.5. The standard InChI is InChI=1S/C19H31N5O.HI/c1-5-21-18(22-13-19(3,4)17(20)25)23-15-10-11-24(12-15)16-8-6-14(2)7-9-16;/h6-9,15H,5,10-13H2,1-4H3,(H2,20,25)(H2,21,22,23);1H. The van der Waals surface area contributed by atoms with Gasteiger partial charge in [0, 0.05) is 31.4 Å². The van der Waals surface area contributed by atoms with Gasteiger partial charge in [0.2, 0.25) is 5.91 Å². The van der Waals surface area contributed by atoms with E-state index in [0.717, 1.165) is 32.0 Å². The molecule has 0 spiro atoms. The molecule has 1 aromatic carbocycles. The van der Waals surface area contributed by atoms with E-state index in [2.05, 4.69) is 51.7 Å². The quantitative estimate of drug-likeness (QED) is 0.336. The summed E-state index contributed by atoms with van der Waals surface area (Å²) in [4.78, 5) is 18.4. The predicted octanol–water partition coefficient (Wildman–Crippen LogP) is 2.26. The van der Waals surface area contributed by atoms with Crippen LogP contribution >= 0.6 is 24.0 Å². The first kappa shape index (κ1) is 22.5. The molecule has 1 atom stereocenters. The van der Waals surface area contributed by atoms with Gasteiger partial charge in [-0.2, -0.15) is 0 Å². The number of carbonyl (C=O) groups is 1. The summed E-state index contributed by atoms with van der Waals surface area (Å²) >= 11 is 0. The second-order valence-corrected chi connectivity index (χ2v) is 7.35. The van der Waals surface area contributed by atoms with Crippen LogP contribution in [0.25, 0.3) is 0 Å². The Bertz CT molecular complexity index is 615. The molecule has 1 unspecified atom stereocenters. The molecule has 0 saturated carbocycles. The average molecular weight is 473 g/mol. The Labute approximate surface area is 174 Å². The molecule has 0 radical (unpaired) electrons. The van der Waals surface area contributed by atoms with Crippen LogP contribution in [-0.4, -0.2) is 44.1 Å². The molecule has 1 aromatic rings. The number of primary amides is 1. The topological polar surface area (TPSA) is 82.7 Å². The molecule has 26 heavy (non-hydrogen) atoms. The van der Waals surface area contributed by atoms with Crippen LogP contribution in [0.4, 0.5) is 5.69 Å². The summed E-state index contributed by atoms with van der Waals surface area (Å²) < 4.78 is 0. The van der Waals surface area contributed by atoms with E-state index in [1.54, 1.807) is 0 Å². The van der Waals surface area contributed by atoms with Gasteiger partial charge in [0.1, 0.15) is 0 Å². The lowest BCUT2D eigenvalue weighted by Crippen LogP contribution is -2.45. The molecule has 1 aliphatic rings. The largest absolute Gasteiger partial charge is 0.369 e. The summed E-state index contributed by atoms with van der Waals surface area (Å²) in [7, 11) is 0. The number of carbonyl (C=O) groups excluding carboxylic acids is 1. The van der Waals surface area contributed by atoms with Gasteiger partial charge in [-0.05, 0) is 46.2 Å². The SMILES string of the molecule is CCNC(=NCC(C)(C)C(N)=O)NC1CCN(c2ccc(C)cc2)C1.I. The predicted molar refractivity (Wildman–Crippen MR) is 119 cm³/mol. The third-order valence-corrected chi connectivity index (χ3v) is 4.57. The Balaban J connectivity index is 0.00000338. The number of nitrogens with one attached hydrogen (secondary N) is 2. The normalized spacial score (nSPS) is 17.6. The highest BCUT2D eigenvalue weighted by Crippen LogP contribution is 2.21. The van der Waals surface area contributed by atoms with Gasteiger partial charge in [-0.1, -0.05) is 17.7 Å². The van der Waals surface area contributed by atoms with Crippen LogP contribution in [0.15, 0.2) is 29.3 Å². The molecule has 1 aliphatic heterocycles. The van der Waals surface area contributed by atoms with Crippen molar-refractivity contribution in [3.8, 4) is 0 Å². The van der Waals surface area contributed by atoms with Crippen LogP contribution in [0, 0.1) is 12.3 Å². The molecule has 1 amide bonds. The summed E-state index contributed by atoms with van der Waals surface area (Å²) in [6.45, 7) is 10.9. The van der Waals surface area contributed by atoms with E-state index in [0.29, 0.717) is 12.6 Å². The van der Waals surface area contributed by atoms with Crippen molar-refractivity contribution >= 4 is 41.5 Å². The lowest BCUT2D eigenvalue weighted by atomic mass is 9.93. The first-order valence-corrected chi connectivity index (χ1v) is 8.98.